The van der Waals surface area contributed by atoms with Gasteiger partial charge in [-0.1, -0.05) is 32.8 Å². The molecule has 36 heavy (non-hydrogen) atoms. The number of nitrogens with zero attached hydrogens (tertiary/aromatic N) is 1. The summed E-state index contributed by atoms with van der Waals surface area (Å²) in [7, 11) is 7.82. The van der Waals surface area contributed by atoms with Gasteiger partial charge in [-0.05, 0) is 30.0 Å². The average molecular weight is 496 g/mol. The van der Waals surface area contributed by atoms with Crippen LogP contribution in [0.25, 0.3) is 22.0 Å². The number of fused-ring (bicyclic) bond motifs is 2. The standard InChI is InChI=1S/C28H33NO7/c1-8-15(9-2)12-20-25-24(28(30)36-20)22(16-10-11-18(31-3)19(13-16)32-4)23-17(29-25)14-21(33-5)26(34-6)27(23)35-7/h10-11,13-15,20H,8-9,12H2,1-7H3. The second kappa shape index (κ2) is 10.5. The number of pyridine rings is 1. The van der Waals surface area contributed by atoms with Crippen molar-refractivity contribution >= 4 is 16.9 Å². The maximum absolute atomic E-state index is 13.4. The SMILES string of the molecule is CCC(CC)CC1OC(=O)c2c1nc1cc(OC)c(OC)c(OC)c1c2-c1ccc(OC)c(OC)c1. The van der Waals surface area contributed by atoms with Gasteiger partial charge in [0.1, 0.15) is 6.10 Å². The average Bonchev–Trinajstić information content (AvgIpc) is 3.22. The van der Waals surface area contributed by atoms with E-state index in [0.29, 0.717) is 68.8 Å². The summed E-state index contributed by atoms with van der Waals surface area (Å²) < 4.78 is 34.0. The van der Waals surface area contributed by atoms with E-state index in [1.165, 1.54) is 0 Å². The fraction of sp³-hybridized carbons (Fsp3) is 0.429. The van der Waals surface area contributed by atoms with Gasteiger partial charge in [-0.25, -0.2) is 9.78 Å². The Kier molecular flexibility index (Phi) is 7.43. The van der Waals surface area contributed by atoms with Crippen LogP contribution in [0.2, 0.25) is 0 Å². The number of hydrogen-bond acceptors (Lipinski definition) is 8. The third-order valence-electron chi connectivity index (χ3n) is 6.94. The fourth-order valence-electron chi connectivity index (χ4n) is 4.96. The van der Waals surface area contributed by atoms with Gasteiger partial charge < -0.3 is 28.4 Å². The van der Waals surface area contributed by atoms with Crippen molar-refractivity contribution in [2.45, 2.75) is 39.2 Å². The van der Waals surface area contributed by atoms with Gasteiger partial charge in [0, 0.05) is 11.6 Å². The summed E-state index contributed by atoms with van der Waals surface area (Å²) >= 11 is 0. The van der Waals surface area contributed by atoms with Gasteiger partial charge >= 0.3 is 5.97 Å². The summed E-state index contributed by atoms with van der Waals surface area (Å²) in [6, 6.07) is 7.33. The Morgan fingerprint density at radius 3 is 2.08 bits per heavy atom. The normalized spacial score (nSPS) is 14.6. The number of esters is 1. The van der Waals surface area contributed by atoms with Crippen LogP contribution in [0.3, 0.4) is 0 Å². The maximum atomic E-state index is 13.4. The van der Waals surface area contributed by atoms with Crippen LogP contribution in [0, 0.1) is 5.92 Å². The minimum absolute atomic E-state index is 0.406. The number of benzene rings is 2. The molecule has 1 atom stereocenters. The highest BCUT2D eigenvalue weighted by Crippen LogP contribution is 2.51. The third-order valence-corrected chi connectivity index (χ3v) is 6.94. The molecule has 8 nitrogen and oxygen atoms in total. The highest BCUT2D eigenvalue weighted by molar-refractivity contribution is 6.12. The topological polar surface area (TPSA) is 85.3 Å². The van der Waals surface area contributed by atoms with Gasteiger partial charge in [-0.3, -0.25) is 0 Å². The molecule has 1 aromatic heterocycles. The molecule has 0 fully saturated rings. The van der Waals surface area contributed by atoms with Crippen LogP contribution in [-0.4, -0.2) is 46.5 Å². The van der Waals surface area contributed by atoms with Crippen molar-refractivity contribution in [3.05, 3.63) is 35.5 Å². The van der Waals surface area contributed by atoms with E-state index in [1.54, 1.807) is 41.6 Å². The Bertz CT molecular complexity index is 1280. The molecule has 0 saturated heterocycles. The first-order chi connectivity index (χ1) is 17.5. The van der Waals surface area contributed by atoms with Crippen molar-refractivity contribution < 1.29 is 33.2 Å². The van der Waals surface area contributed by atoms with Gasteiger partial charge in [0.05, 0.1) is 57.7 Å². The first-order valence-corrected chi connectivity index (χ1v) is 12.1. The molecule has 8 heteroatoms. The summed E-state index contributed by atoms with van der Waals surface area (Å²) in [6.07, 6.45) is 2.27. The number of carbonyl (C=O) groups excluding carboxylic acids is 1. The van der Waals surface area contributed by atoms with Gasteiger partial charge in [0.2, 0.25) is 5.75 Å². The molecule has 4 rings (SSSR count). The summed E-state index contributed by atoms with van der Waals surface area (Å²) in [6.45, 7) is 4.30. The minimum atomic E-state index is -0.431. The Hall–Kier alpha value is -3.68. The van der Waals surface area contributed by atoms with E-state index in [-0.39, 0.29) is 0 Å². The van der Waals surface area contributed by atoms with E-state index in [9.17, 15) is 4.79 Å². The quantitative estimate of drug-likeness (QED) is 0.318. The second-order valence-corrected chi connectivity index (χ2v) is 8.67. The lowest BCUT2D eigenvalue weighted by atomic mass is 9.90. The summed E-state index contributed by atoms with van der Waals surface area (Å²) in [5.41, 5.74) is 3.04. The fourth-order valence-corrected chi connectivity index (χ4v) is 4.96. The molecular formula is C28H33NO7. The van der Waals surface area contributed by atoms with E-state index in [1.807, 2.05) is 18.2 Å². The monoisotopic (exact) mass is 495 g/mol. The Balaban J connectivity index is 2.11. The predicted octanol–water partition coefficient (Wildman–Crippen LogP) is 5.98. The molecule has 0 radical (unpaired) electrons. The highest BCUT2D eigenvalue weighted by Gasteiger charge is 2.39. The van der Waals surface area contributed by atoms with E-state index < -0.39 is 12.1 Å². The molecule has 0 bridgehead atoms. The molecule has 0 spiro atoms. The Labute approximate surface area is 211 Å². The molecule has 192 valence electrons. The van der Waals surface area contributed by atoms with Crippen molar-refractivity contribution in [3.8, 4) is 39.9 Å². The van der Waals surface area contributed by atoms with Crippen molar-refractivity contribution in [1.82, 2.24) is 4.98 Å². The molecule has 1 aliphatic rings. The van der Waals surface area contributed by atoms with Crippen molar-refractivity contribution in [2.75, 3.05) is 35.5 Å². The minimum Gasteiger partial charge on any atom is -0.493 e. The number of rotatable bonds is 10. The summed E-state index contributed by atoms with van der Waals surface area (Å²) in [5.74, 6) is 2.44. The number of cyclic esters (lactones) is 1. The van der Waals surface area contributed by atoms with E-state index >= 15 is 0 Å². The Morgan fingerprint density at radius 2 is 1.50 bits per heavy atom. The van der Waals surface area contributed by atoms with Crippen molar-refractivity contribution in [2.24, 2.45) is 5.92 Å². The smallest absolute Gasteiger partial charge is 0.341 e. The predicted molar refractivity (Wildman–Crippen MR) is 137 cm³/mol. The molecule has 1 unspecified atom stereocenters. The second-order valence-electron chi connectivity index (χ2n) is 8.67. The summed E-state index contributed by atoms with van der Waals surface area (Å²) in [5, 5.41) is 0.626. The van der Waals surface area contributed by atoms with Gasteiger partial charge in [-0.2, -0.15) is 0 Å². The molecule has 2 heterocycles. The number of carbonyl (C=O) groups is 1. The van der Waals surface area contributed by atoms with E-state index in [0.717, 1.165) is 18.4 Å². The lowest BCUT2D eigenvalue weighted by Gasteiger charge is -2.20. The van der Waals surface area contributed by atoms with Crippen LogP contribution in [0.15, 0.2) is 24.3 Å². The lowest BCUT2D eigenvalue weighted by molar-refractivity contribution is 0.0323. The Morgan fingerprint density at radius 1 is 0.833 bits per heavy atom. The molecule has 0 amide bonds. The van der Waals surface area contributed by atoms with Crippen LogP contribution in [0.5, 0.6) is 28.7 Å². The van der Waals surface area contributed by atoms with Gasteiger partial charge in [-0.15, -0.1) is 0 Å². The van der Waals surface area contributed by atoms with Crippen LogP contribution >= 0.6 is 0 Å². The van der Waals surface area contributed by atoms with Crippen molar-refractivity contribution in [1.29, 1.82) is 0 Å². The highest BCUT2D eigenvalue weighted by atomic mass is 16.6. The van der Waals surface area contributed by atoms with E-state index in [4.69, 9.17) is 33.4 Å². The van der Waals surface area contributed by atoms with Crippen LogP contribution in [0.4, 0.5) is 0 Å². The number of hydrogen-bond donors (Lipinski definition) is 0. The van der Waals surface area contributed by atoms with Gasteiger partial charge in [0.15, 0.2) is 23.0 Å². The van der Waals surface area contributed by atoms with Gasteiger partial charge in [0.25, 0.3) is 0 Å². The van der Waals surface area contributed by atoms with E-state index in [2.05, 4.69) is 13.8 Å². The van der Waals surface area contributed by atoms with Crippen LogP contribution < -0.4 is 23.7 Å². The number of aromatic nitrogens is 1. The zero-order chi connectivity index (χ0) is 26.0. The summed E-state index contributed by atoms with van der Waals surface area (Å²) in [4.78, 5) is 18.4. The lowest BCUT2D eigenvalue weighted by Crippen LogP contribution is -2.08. The zero-order valence-corrected chi connectivity index (χ0v) is 21.9. The van der Waals surface area contributed by atoms with Crippen LogP contribution in [0.1, 0.15) is 55.3 Å². The number of methoxy groups -OCH3 is 5. The first kappa shape index (κ1) is 25.4. The molecule has 3 aromatic rings. The largest absolute Gasteiger partial charge is 0.493 e. The molecule has 1 aliphatic heterocycles. The molecule has 0 N–H and O–H groups in total. The number of ether oxygens (including phenoxy) is 6. The zero-order valence-electron chi connectivity index (χ0n) is 21.9. The third kappa shape index (κ3) is 4.14. The molecule has 2 aromatic carbocycles. The molecule has 0 aliphatic carbocycles. The molecular weight excluding hydrogens is 462 g/mol. The van der Waals surface area contributed by atoms with Crippen molar-refractivity contribution in [3.63, 3.8) is 0 Å². The molecule has 0 saturated carbocycles. The van der Waals surface area contributed by atoms with Crippen LogP contribution in [-0.2, 0) is 4.74 Å². The maximum Gasteiger partial charge on any atom is 0.341 e. The first-order valence-electron chi connectivity index (χ1n) is 12.1.